The summed E-state index contributed by atoms with van der Waals surface area (Å²) in [6.07, 6.45) is 2.21. The Hall–Kier alpha value is -0.810. The number of piperazine rings is 1. The average molecular weight is 328 g/mol. The first kappa shape index (κ1) is 20.2. The molecule has 1 rings (SSSR count). The molecule has 0 aromatic rings. The van der Waals surface area contributed by atoms with E-state index in [1.807, 2.05) is 25.7 Å². The largest absolute Gasteiger partial charge is 0.444 e. The number of nitrogens with zero attached hydrogens (tertiary/aromatic N) is 2. The molecule has 5 nitrogen and oxygen atoms in total. The van der Waals surface area contributed by atoms with Crippen molar-refractivity contribution in [1.29, 1.82) is 0 Å². The monoisotopic (exact) mass is 327 g/mol. The predicted molar refractivity (Wildman–Crippen MR) is 95.8 cm³/mol. The lowest BCUT2D eigenvalue weighted by molar-refractivity contribution is 0.0144. The van der Waals surface area contributed by atoms with E-state index in [-0.39, 0.29) is 6.09 Å². The summed E-state index contributed by atoms with van der Waals surface area (Å²) in [5, 5.41) is 3.60. The summed E-state index contributed by atoms with van der Waals surface area (Å²) < 4.78 is 5.43. The molecule has 5 heteroatoms. The number of hydrogen-bond acceptors (Lipinski definition) is 4. The fraction of sp³-hybridized carbons (Fsp3) is 0.944. The fourth-order valence-corrected chi connectivity index (χ4v) is 2.92. The Kier molecular flexibility index (Phi) is 8.34. The summed E-state index contributed by atoms with van der Waals surface area (Å²) in [5.74, 6) is 0.749. The van der Waals surface area contributed by atoms with Gasteiger partial charge in [-0.25, -0.2) is 4.79 Å². The van der Waals surface area contributed by atoms with Crippen molar-refractivity contribution in [2.45, 2.75) is 66.0 Å². The van der Waals surface area contributed by atoms with Crippen LogP contribution in [0.2, 0.25) is 0 Å². The molecule has 0 radical (unpaired) electrons. The number of carbonyl (C=O) groups is 1. The Bertz CT molecular complexity index is 345. The minimum atomic E-state index is -0.410. The Morgan fingerprint density at radius 2 is 1.74 bits per heavy atom. The van der Waals surface area contributed by atoms with E-state index in [1.54, 1.807) is 0 Å². The molecule has 136 valence electrons. The fourth-order valence-electron chi connectivity index (χ4n) is 2.92. The summed E-state index contributed by atoms with van der Waals surface area (Å²) in [7, 11) is 0. The number of hydrogen-bond donors (Lipinski definition) is 1. The Labute approximate surface area is 142 Å². The molecule has 0 bridgehead atoms. The van der Waals surface area contributed by atoms with Gasteiger partial charge in [-0.2, -0.15) is 0 Å². The second kappa shape index (κ2) is 9.48. The van der Waals surface area contributed by atoms with Crippen molar-refractivity contribution >= 4 is 6.09 Å². The molecular formula is C18H37N3O2. The second-order valence-corrected chi connectivity index (χ2v) is 8.15. The Morgan fingerprint density at radius 3 is 2.26 bits per heavy atom. The molecule has 1 N–H and O–H groups in total. The standard InChI is InChI=1S/C18H37N3O2/c1-15(2)14-16(3)19-8-7-9-20-10-12-21(13-11-20)17(22)23-18(4,5)6/h15-16,19H,7-14H2,1-6H3. The van der Waals surface area contributed by atoms with E-state index in [0.29, 0.717) is 6.04 Å². The van der Waals surface area contributed by atoms with Crippen LogP contribution >= 0.6 is 0 Å². The van der Waals surface area contributed by atoms with Crippen LogP contribution < -0.4 is 5.32 Å². The highest BCUT2D eigenvalue weighted by atomic mass is 16.6. The van der Waals surface area contributed by atoms with Crippen molar-refractivity contribution in [2.75, 3.05) is 39.3 Å². The van der Waals surface area contributed by atoms with Gasteiger partial charge in [0, 0.05) is 32.2 Å². The summed E-state index contributed by atoms with van der Waals surface area (Å²) in [4.78, 5) is 16.3. The summed E-state index contributed by atoms with van der Waals surface area (Å²) >= 11 is 0. The van der Waals surface area contributed by atoms with Gasteiger partial charge in [0.2, 0.25) is 0 Å². The maximum absolute atomic E-state index is 12.0. The zero-order chi connectivity index (χ0) is 17.5. The van der Waals surface area contributed by atoms with Crippen molar-refractivity contribution in [3.05, 3.63) is 0 Å². The van der Waals surface area contributed by atoms with Crippen molar-refractivity contribution in [3.8, 4) is 0 Å². The Morgan fingerprint density at radius 1 is 1.13 bits per heavy atom. The highest BCUT2D eigenvalue weighted by Gasteiger charge is 2.25. The van der Waals surface area contributed by atoms with Gasteiger partial charge in [-0.3, -0.25) is 4.90 Å². The van der Waals surface area contributed by atoms with Crippen LogP contribution in [0.25, 0.3) is 0 Å². The normalized spacial score (nSPS) is 18.3. The molecule has 1 heterocycles. The molecule has 0 saturated carbocycles. The van der Waals surface area contributed by atoms with Crippen molar-refractivity contribution in [3.63, 3.8) is 0 Å². The van der Waals surface area contributed by atoms with Gasteiger partial charge >= 0.3 is 6.09 Å². The highest BCUT2D eigenvalue weighted by molar-refractivity contribution is 5.68. The number of rotatable bonds is 7. The molecule has 1 unspecified atom stereocenters. The van der Waals surface area contributed by atoms with E-state index in [2.05, 4.69) is 31.0 Å². The summed E-state index contributed by atoms with van der Waals surface area (Å²) in [6, 6.07) is 0.596. The van der Waals surface area contributed by atoms with E-state index >= 15 is 0 Å². The minimum Gasteiger partial charge on any atom is -0.444 e. The lowest BCUT2D eigenvalue weighted by Crippen LogP contribution is -2.50. The van der Waals surface area contributed by atoms with Gasteiger partial charge in [-0.05, 0) is 59.5 Å². The van der Waals surface area contributed by atoms with Crippen LogP contribution in [0.3, 0.4) is 0 Å². The second-order valence-electron chi connectivity index (χ2n) is 8.15. The van der Waals surface area contributed by atoms with Gasteiger partial charge in [0.1, 0.15) is 5.60 Å². The molecule has 1 fully saturated rings. The smallest absolute Gasteiger partial charge is 0.410 e. The molecule has 0 aromatic heterocycles. The lowest BCUT2D eigenvalue weighted by Gasteiger charge is -2.35. The maximum Gasteiger partial charge on any atom is 0.410 e. The average Bonchev–Trinajstić information content (AvgIpc) is 2.41. The predicted octanol–water partition coefficient (Wildman–Crippen LogP) is 2.95. The van der Waals surface area contributed by atoms with Gasteiger partial charge < -0.3 is 15.0 Å². The van der Waals surface area contributed by atoms with Crippen molar-refractivity contribution in [1.82, 2.24) is 15.1 Å². The van der Waals surface area contributed by atoms with Crippen molar-refractivity contribution in [2.24, 2.45) is 5.92 Å². The van der Waals surface area contributed by atoms with Crippen LogP contribution in [0.15, 0.2) is 0 Å². The molecule has 1 aliphatic rings. The van der Waals surface area contributed by atoms with E-state index < -0.39 is 5.60 Å². The van der Waals surface area contributed by atoms with Gasteiger partial charge in [0.15, 0.2) is 0 Å². The van der Waals surface area contributed by atoms with E-state index in [4.69, 9.17) is 4.74 Å². The van der Waals surface area contributed by atoms with Crippen molar-refractivity contribution < 1.29 is 9.53 Å². The van der Waals surface area contributed by atoms with Crippen LogP contribution in [0.5, 0.6) is 0 Å². The molecule has 0 spiro atoms. The lowest BCUT2D eigenvalue weighted by atomic mass is 10.1. The van der Waals surface area contributed by atoms with E-state index in [1.165, 1.54) is 6.42 Å². The van der Waals surface area contributed by atoms with Crippen LogP contribution in [0.4, 0.5) is 4.79 Å². The first-order valence-electron chi connectivity index (χ1n) is 9.11. The quantitative estimate of drug-likeness (QED) is 0.730. The highest BCUT2D eigenvalue weighted by Crippen LogP contribution is 2.12. The van der Waals surface area contributed by atoms with E-state index in [9.17, 15) is 4.79 Å². The van der Waals surface area contributed by atoms with Gasteiger partial charge in [-0.15, -0.1) is 0 Å². The zero-order valence-electron chi connectivity index (χ0n) is 16.0. The minimum absolute atomic E-state index is 0.179. The SMILES string of the molecule is CC(C)CC(C)NCCCN1CCN(C(=O)OC(C)(C)C)CC1. The topological polar surface area (TPSA) is 44.8 Å². The number of amides is 1. The first-order valence-corrected chi connectivity index (χ1v) is 9.11. The number of nitrogens with one attached hydrogen (secondary N) is 1. The zero-order valence-corrected chi connectivity index (χ0v) is 16.0. The summed E-state index contributed by atoms with van der Waals surface area (Å²) in [5.41, 5.74) is -0.410. The van der Waals surface area contributed by atoms with Crippen LogP contribution in [-0.4, -0.2) is 66.8 Å². The van der Waals surface area contributed by atoms with Crippen LogP contribution in [0, 0.1) is 5.92 Å². The van der Waals surface area contributed by atoms with Gasteiger partial charge in [0.05, 0.1) is 0 Å². The number of ether oxygens (including phenoxy) is 1. The summed E-state index contributed by atoms with van der Waals surface area (Å²) in [6.45, 7) is 18.1. The molecular weight excluding hydrogens is 290 g/mol. The molecule has 0 aromatic carbocycles. The Balaban J connectivity index is 2.13. The third-order valence-corrected chi connectivity index (χ3v) is 3.99. The van der Waals surface area contributed by atoms with Gasteiger partial charge in [-0.1, -0.05) is 13.8 Å². The maximum atomic E-state index is 12.0. The number of carbonyl (C=O) groups excluding carboxylic acids is 1. The molecule has 1 saturated heterocycles. The third-order valence-electron chi connectivity index (χ3n) is 3.99. The van der Waals surface area contributed by atoms with E-state index in [0.717, 1.165) is 51.6 Å². The molecule has 23 heavy (non-hydrogen) atoms. The third kappa shape index (κ3) is 9.16. The first-order chi connectivity index (χ1) is 10.7. The van der Waals surface area contributed by atoms with Crippen LogP contribution in [0.1, 0.15) is 54.4 Å². The van der Waals surface area contributed by atoms with Gasteiger partial charge in [0.25, 0.3) is 0 Å². The molecule has 1 amide bonds. The molecule has 1 atom stereocenters. The molecule has 0 aliphatic carbocycles. The molecule has 1 aliphatic heterocycles. The van der Waals surface area contributed by atoms with Crippen LogP contribution in [-0.2, 0) is 4.74 Å².